The second kappa shape index (κ2) is 11.3. The number of methoxy groups -OCH3 is 1. The first kappa shape index (κ1) is 27.9. The molecule has 7 nitrogen and oxygen atoms in total. The van der Waals surface area contributed by atoms with E-state index in [-0.39, 0.29) is 26.1 Å². The molecule has 4 rings (SSSR count). The zero-order chi connectivity index (χ0) is 28.3. The smallest absolute Gasteiger partial charge is 0.471 e. The number of carbonyl (C=O) groups is 2. The Morgan fingerprint density at radius 2 is 1.90 bits per heavy atom. The fourth-order valence-electron chi connectivity index (χ4n) is 4.96. The number of fused-ring (bicyclic) bond motifs is 1. The largest absolute Gasteiger partial charge is 0.495 e. The van der Waals surface area contributed by atoms with Crippen LogP contribution < -0.4 is 10.1 Å². The summed E-state index contributed by atoms with van der Waals surface area (Å²) in [5, 5.41) is 13.2. The van der Waals surface area contributed by atoms with E-state index in [9.17, 15) is 32.4 Å². The number of likely N-dealkylation sites (N-methyl/N-ethyl adjacent to an activating group) is 1. The number of halogens is 4. The molecular formula is C28H26F4N4O3. The van der Waals surface area contributed by atoms with E-state index in [1.54, 1.807) is 18.0 Å². The van der Waals surface area contributed by atoms with Crippen molar-refractivity contribution in [3.05, 3.63) is 77.1 Å². The van der Waals surface area contributed by atoms with Gasteiger partial charge in [-0.1, -0.05) is 36.4 Å². The van der Waals surface area contributed by atoms with E-state index in [2.05, 4.69) is 6.07 Å². The molecular weight excluding hydrogens is 516 g/mol. The molecule has 2 unspecified atom stereocenters. The van der Waals surface area contributed by atoms with Crippen LogP contribution in [0.1, 0.15) is 29.2 Å². The zero-order valence-electron chi connectivity index (χ0n) is 21.3. The molecule has 204 valence electrons. The minimum Gasteiger partial charge on any atom is -0.495 e. The Labute approximate surface area is 222 Å². The number of amides is 2. The highest BCUT2D eigenvalue weighted by molar-refractivity contribution is 5.91. The summed E-state index contributed by atoms with van der Waals surface area (Å²) in [6.07, 6.45) is -4.81. The Bertz CT molecular complexity index is 1420. The summed E-state index contributed by atoms with van der Waals surface area (Å²) in [4.78, 5) is 28.5. The highest BCUT2D eigenvalue weighted by Gasteiger charge is 2.42. The molecule has 11 heteroatoms. The molecule has 0 aliphatic carbocycles. The fourth-order valence-corrected chi connectivity index (χ4v) is 4.96. The summed E-state index contributed by atoms with van der Waals surface area (Å²) in [7, 11) is 3.02. The highest BCUT2D eigenvalue weighted by Crippen LogP contribution is 2.34. The van der Waals surface area contributed by atoms with Crippen molar-refractivity contribution in [3.8, 4) is 11.8 Å². The molecule has 0 radical (unpaired) electrons. The molecule has 1 fully saturated rings. The number of nitriles is 1. The van der Waals surface area contributed by atoms with Gasteiger partial charge in [0.1, 0.15) is 23.7 Å². The van der Waals surface area contributed by atoms with Crippen LogP contribution in [0, 0.1) is 17.1 Å². The van der Waals surface area contributed by atoms with Crippen molar-refractivity contribution < 1.29 is 31.9 Å². The Hall–Kier alpha value is -4.17. The molecule has 2 amide bonds. The highest BCUT2D eigenvalue weighted by atomic mass is 19.4. The molecule has 0 saturated carbocycles. The molecule has 1 N–H and O–H groups in total. The van der Waals surface area contributed by atoms with Gasteiger partial charge < -0.3 is 15.0 Å². The van der Waals surface area contributed by atoms with E-state index < -0.39 is 35.9 Å². The number of likely N-dealkylation sites (tertiary alicyclic amines) is 1. The standard InChI is InChI=1S/C28H26F4N4O3/c1-35(16-23-22-6-4-3-5-18(22)13-19(14-33)25(23)39-2)26(37)24(17-7-9-20(29)10-8-17)36-12-11-21(15-36)34-27(38)28(30,31)32/h3-10,13,21,24H,11-12,15-16H2,1-2H3,(H,34,38). The topological polar surface area (TPSA) is 85.7 Å². The Morgan fingerprint density at radius 1 is 1.21 bits per heavy atom. The van der Waals surface area contributed by atoms with Crippen LogP contribution in [-0.4, -0.2) is 61.1 Å². The first-order valence-electron chi connectivity index (χ1n) is 12.1. The van der Waals surface area contributed by atoms with Gasteiger partial charge in [0.05, 0.1) is 12.7 Å². The van der Waals surface area contributed by atoms with Gasteiger partial charge >= 0.3 is 12.1 Å². The quantitative estimate of drug-likeness (QED) is 0.450. The Morgan fingerprint density at radius 3 is 2.54 bits per heavy atom. The normalized spacial score (nSPS) is 16.5. The number of benzene rings is 3. The second-order valence-corrected chi connectivity index (χ2v) is 9.37. The lowest BCUT2D eigenvalue weighted by molar-refractivity contribution is -0.174. The maximum Gasteiger partial charge on any atom is 0.471 e. The van der Waals surface area contributed by atoms with Crippen molar-refractivity contribution in [3.63, 3.8) is 0 Å². The average Bonchev–Trinajstić information content (AvgIpc) is 3.36. The van der Waals surface area contributed by atoms with Crippen LogP contribution in [0.4, 0.5) is 17.6 Å². The summed E-state index contributed by atoms with van der Waals surface area (Å²) >= 11 is 0. The van der Waals surface area contributed by atoms with Gasteiger partial charge in [0.2, 0.25) is 5.91 Å². The van der Waals surface area contributed by atoms with Crippen LogP contribution in [0.5, 0.6) is 5.75 Å². The van der Waals surface area contributed by atoms with Crippen molar-refractivity contribution in [2.75, 3.05) is 27.2 Å². The Balaban J connectivity index is 1.65. The van der Waals surface area contributed by atoms with Crippen LogP contribution in [0.25, 0.3) is 10.8 Å². The van der Waals surface area contributed by atoms with Gasteiger partial charge in [0, 0.05) is 38.3 Å². The van der Waals surface area contributed by atoms with E-state index in [1.807, 2.05) is 29.6 Å². The maximum absolute atomic E-state index is 13.9. The average molecular weight is 543 g/mol. The van der Waals surface area contributed by atoms with Crippen molar-refractivity contribution in [2.24, 2.45) is 0 Å². The monoisotopic (exact) mass is 542 g/mol. The summed E-state index contributed by atoms with van der Waals surface area (Å²) in [6.45, 7) is 0.304. The third kappa shape index (κ3) is 5.96. The molecule has 1 aliphatic heterocycles. The van der Waals surface area contributed by atoms with Gasteiger partial charge in [0.25, 0.3) is 0 Å². The minimum absolute atomic E-state index is 0.000385. The van der Waals surface area contributed by atoms with E-state index in [0.29, 0.717) is 22.4 Å². The molecule has 1 heterocycles. The lowest BCUT2D eigenvalue weighted by Crippen LogP contribution is -2.46. The molecule has 0 bridgehead atoms. The van der Waals surface area contributed by atoms with Gasteiger partial charge in [-0.25, -0.2) is 4.39 Å². The third-order valence-electron chi connectivity index (χ3n) is 6.80. The summed E-state index contributed by atoms with van der Waals surface area (Å²) in [5.74, 6) is -2.59. The summed E-state index contributed by atoms with van der Waals surface area (Å²) in [5.41, 5.74) is 1.39. The molecule has 0 spiro atoms. The van der Waals surface area contributed by atoms with Gasteiger partial charge in [-0.05, 0) is 41.0 Å². The van der Waals surface area contributed by atoms with Crippen molar-refractivity contribution in [2.45, 2.75) is 31.2 Å². The van der Waals surface area contributed by atoms with Gasteiger partial charge in [-0.15, -0.1) is 0 Å². The SMILES string of the molecule is COc1c(C#N)cc2ccccc2c1CN(C)C(=O)C(c1ccc(F)cc1)N1CCC(NC(=O)C(F)(F)F)C1. The number of hydrogen-bond donors (Lipinski definition) is 1. The molecule has 3 aromatic carbocycles. The molecule has 39 heavy (non-hydrogen) atoms. The van der Waals surface area contributed by atoms with Crippen LogP contribution >= 0.6 is 0 Å². The van der Waals surface area contributed by atoms with Crippen molar-refractivity contribution >= 4 is 22.6 Å². The Kier molecular flexibility index (Phi) is 8.06. The zero-order valence-corrected chi connectivity index (χ0v) is 21.3. The number of nitrogens with one attached hydrogen (secondary N) is 1. The predicted octanol–water partition coefficient (Wildman–Crippen LogP) is 4.31. The minimum atomic E-state index is -5.01. The predicted molar refractivity (Wildman–Crippen MR) is 135 cm³/mol. The number of alkyl halides is 3. The number of hydrogen-bond acceptors (Lipinski definition) is 5. The van der Waals surface area contributed by atoms with Crippen LogP contribution in [0.3, 0.4) is 0 Å². The first-order valence-corrected chi connectivity index (χ1v) is 12.1. The number of rotatable bonds is 7. The van der Waals surface area contributed by atoms with Crippen molar-refractivity contribution in [1.29, 1.82) is 5.26 Å². The molecule has 0 aromatic heterocycles. The molecule has 2 atom stereocenters. The second-order valence-electron chi connectivity index (χ2n) is 9.37. The molecule has 1 saturated heterocycles. The summed E-state index contributed by atoms with van der Waals surface area (Å²) in [6, 6.07) is 14.8. The fraction of sp³-hybridized carbons (Fsp3) is 0.321. The third-order valence-corrected chi connectivity index (χ3v) is 6.80. The molecule has 3 aromatic rings. The van der Waals surface area contributed by atoms with Crippen LogP contribution in [-0.2, 0) is 16.1 Å². The first-order chi connectivity index (χ1) is 18.5. The van der Waals surface area contributed by atoms with E-state index in [4.69, 9.17) is 4.74 Å². The van der Waals surface area contributed by atoms with E-state index in [1.165, 1.54) is 36.3 Å². The van der Waals surface area contributed by atoms with Crippen LogP contribution in [0.15, 0.2) is 54.6 Å². The van der Waals surface area contributed by atoms with Gasteiger partial charge in [0.15, 0.2) is 0 Å². The van der Waals surface area contributed by atoms with Gasteiger partial charge in [-0.3, -0.25) is 14.5 Å². The molecule has 1 aliphatic rings. The number of nitrogens with zero attached hydrogens (tertiary/aromatic N) is 3. The van der Waals surface area contributed by atoms with Crippen LogP contribution in [0.2, 0.25) is 0 Å². The van der Waals surface area contributed by atoms with E-state index in [0.717, 1.165) is 10.8 Å². The van der Waals surface area contributed by atoms with Gasteiger partial charge in [-0.2, -0.15) is 18.4 Å². The number of carbonyl (C=O) groups excluding carboxylic acids is 2. The lowest BCUT2D eigenvalue weighted by atomic mass is 9.98. The van der Waals surface area contributed by atoms with E-state index >= 15 is 0 Å². The lowest BCUT2D eigenvalue weighted by Gasteiger charge is -2.31. The number of ether oxygens (including phenoxy) is 1. The summed E-state index contributed by atoms with van der Waals surface area (Å²) < 4.78 is 57.6. The maximum atomic E-state index is 13.9. The van der Waals surface area contributed by atoms with Crippen molar-refractivity contribution in [1.82, 2.24) is 15.1 Å².